The number of carbonyl (C=O) groups excluding carboxylic acids is 1. The van der Waals surface area contributed by atoms with E-state index in [1.807, 2.05) is 18.2 Å². The summed E-state index contributed by atoms with van der Waals surface area (Å²) < 4.78 is 9.83. The van der Waals surface area contributed by atoms with Crippen LogP contribution in [0.5, 0.6) is 5.75 Å². The van der Waals surface area contributed by atoms with E-state index in [1.54, 1.807) is 37.3 Å². The van der Waals surface area contributed by atoms with Gasteiger partial charge in [0.15, 0.2) is 5.75 Å². The number of nitrogens with zero attached hydrogens (tertiary/aromatic N) is 1. The third kappa shape index (κ3) is 4.84. The lowest BCUT2D eigenvalue weighted by Gasteiger charge is -2.11. The predicted octanol–water partition coefficient (Wildman–Crippen LogP) is 4.30. The van der Waals surface area contributed by atoms with Gasteiger partial charge in [0.25, 0.3) is 0 Å². The number of halogens is 1. The van der Waals surface area contributed by atoms with Crippen LogP contribution in [0.2, 0.25) is 5.02 Å². The number of benzene rings is 2. The van der Waals surface area contributed by atoms with Crippen molar-refractivity contribution in [3.05, 3.63) is 70.9 Å². The maximum absolute atomic E-state index is 12.0. The van der Waals surface area contributed by atoms with E-state index >= 15 is 0 Å². The van der Waals surface area contributed by atoms with E-state index < -0.39 is 5.97 Å². The minimum absolute atomic E-state index is 0.293. The minimum Gasteiger partial charge on any atom is -0.503 e. The van der Waals surface area contributed by atoms with Crippen molar-refractivity contribution in [3.63, 3.8) is 0 Å². The highest BCUT2D eigenvalue weighted by Gasteiger charge is 2.18. The Hall–Kier alpha value is -2.79. The molecule has 25 heavy (non-hydrogen) atoms. The topological polar surface area (TPSA) is 57.1 Å². The SMILES string of the molecule is COC=C(C(=O)OC)c1ccccc1C(C)=NOc1ccc(Cl)cc1. The molecule has 0 saturated heterocycles. The fourth-order valence-corrected chi connectivity index (χ4v) is 2.27. The Morgan fingerprint density at radius 2 is 1.68 bits per heavy atom. The summed E-state index contributed by atoms with van der Waals surface area (Å²) in [6, 6.07) is 14.2. The first-order valence-electron chi connectivity index (χ1n) is 7.45. The molecule has 0 aliphatic heterocycles. The van der Waals surface area contributed by atoms with Crippen LogP contribution in [0.25, 0.3) is 5.57 Å². The van der Waals surface area contributed by atoms with Crippen molar-refractivity contribution in [3.8, 4) is 5.75 Å². The van der Waals surface area contributed by atoms with Gasteiger partial charge >= 0.3 is 5.97 Å². The molecule has 0 aromatic heterocycles. The second-order valence-electron chi connectivity index (χ2n) is 5.03. The van der Waals surface area contributed by atoms with Crippen LogP contribution in [0.15, 0.2) is 59.9 Å². The average molecular weight is 360 g/mol. The number of methoxy groups -OCH3 is 2. The van der Waals surface area contributed by atoms with E-state index in [0.29, 0.717) is 27.6 Å². The molecule has 0 aliphatic carbocycles. The summed E-state index contributed by atoms with van der Waals surface area (Å²) in [6.45, 7) is 1.79. The van der Waals surface area contributed by atoms with Gasteiger partial charge in [-0.2, -0.15) is 0 Å². The predicted molar refractivity (Wildman–Crippen MR) is 97.7 cm³/mol. The molecule has 0 radical (unpaired) electrons. The summed E-state index contributed by atoms with van der Waals surface area (Å²) in [5, 5.41) is 4.75. The number of ether oxygens (including phenoxy) is 2. The number of esters is 1. The molecule has 0 N–H and O–H groups in total. The maximum Gasteiger partial charge on any atom is 0.341 e. The fraction of sp³-hybridized carbons (Fsp3) is 0.158. The number of oxime groups is 1. The van der Waals surface area contributed by atoms with Crippen molar-refractivity contribution in [2.75, 3.05) is 14.2 Å². The van der Waals surface area contributed by atoms with E-state index in [9.17, 15) is 4.79 Å². The average Bonchev–Trinajstić information content (AvgIpc) is 2.65. The molecule has 0 saturated carbocycles. The van der Waals surface area contributed by atoms with E-state index in [4.69, 9.17) is 25.9 Å². The third-order valence-corrected chi connectivity index (χ3v) is 3.60. The quantitative estimate of drug-likeness (QED) is 0.253. The standard InChI is InChI=1S/C19H18ClNO4/c1-13(21-25-15-10-8-14(20)9-11-15)16-6-4-5-7-17(16)18(12-23-2)19(22)24-3/h4-12H,1-3H3. The fourth-order valence-electron chi connectivity index (χ4n) is 2.15. The van der Waals surface area contributed by atoms with Crippen LogP contribution in [0.3, 0.4) is 0 Å². The van der Waals surface area contributed by atoms with E-state index in [0.717, 1.165) is 5.56 Å². The molecule has 130 valence electrons. The van der Waals surface area contributed by atoms with Crippen LogP contribution in [0.4, 0.5) is 0 Å². The van der Waals surface area contributed by atoms with Crippen molar-refractivity contribution >= 4 is 28.9 Å². The van der Waals surface area contributed by atoms with Crippen LogP contribution in [0, 0.1) is 0 Å². The summed E-state index contributed by atoms with van der Waals surface area (Å²) in [5.74, 6) is 0.0579. The Balaban J connectivity index is 2.35. The smallest absolute Gasteiger partial charge is 0.341 e. The number of hydrogen-bond donors (Lipinski definition) is 0. The lowest BCUT2D eigenvalue weighted by atomic mass is 9.98. The summed E-state index contributed by atoms with van der Waals surface area (Å²) in [7, 11) is 2.79. The number of carbonyl (C=O) groups is 1. The molecule has 0 amide bonds. The maximum atomic E-state index is 12.0. The van der Waals surface area contributed by atoms with Gasteiger partial charge in [-0.15, -0.1) is 0 Å². The largest absolute Gasteiger partial charge is 0.503 e. The van der Waals surface area contributed by atoms with Gasteiger partial charge in [-0.05, 0) is 31.2 Å². The van der Waals surface area contributed by atoms with Gasteiger partial charge in [-0.1, -0.05) is 41.0 Å². The molecule has 2 rings (SSSR count). The molecule has 0 heterocycles. The highest BCUT2D eigenvalue weighted by molar-refractivity contribution is 6.30. The molecule has 6 heteroatoms. The van der Waals surface area contributed by atoms with E-state index in [1.165, 1.54) is 20.5 Å². The van der Waals surface area contributed by atoms with Crippen molar-refractivity contribution in [1.82, 2.24) is 0 Å². The summed E-state index contributed by atoms with van der Waals surface area (Å²) in [4.78, 5) is 17.5. The summed E-state index contributed by atoms with van der Waals surface area (Å²) in [5.41, 5.74) is 2.25. The van der Waals surface area contributed by atoms with Gasteiger partial charge < -0.3 is 14.3 Å². The van der Waals surface area contributed by atoms with Gasteiger partial charge in [0, 0.05) is 16.1 Å². The van der Waals surface area contributed by atoms with Crippen LogP contribution in [0.1, 0.15) is 18.1 Å². The molecular weight excluding hydrogens is 342 g/mol. The second kappa shape index (κ2) is 8.89. The van der Waals surface area contributed by atoms with Crippen LogP contribution >= 0.6 is 11.6 Å². The second-order valence-corrected chi connectivity index (χ2v) is 5.46. The summed E-state index contributed by atoms with van der Waals surface area (Å²) in [6.07, 6.45) is 1.35. The zero-order chi connectivity index (χ0) is 18.2. The zero-order valence-electron chi connectivity index (χ0n) is 14.2. The van der Waals surface area contributed by atoms with E-state index in [-0.39, 0.29) is 0 Å². The van der Waals surface area contributed by atoms with Crippen molar-refractivity contribution in [2.24, 2.45) is 5.16 Å². The van der Waals surface area contributed by atoms with Gasteiger partial charge in [0.2, 0.25) is 0 Å². The molecule has 2 aromatic rings. The first-order chi connectivity index (χ1) is 12.1. The first kappa shape index (κ1) is 18.5. The van der Waals surface area contributed by atoms with Crippen LogP contribution < -0.4 is 4.84 Å². The van der Waals surface area contributed by atoms with Gasteiger partial charge in [-0.25, -0.2) is 4.79 Å². The first-order valence-corrected chi connectivity index (χ1v) is 7.83. The molecule has 2 aromatic carbocycles. The van der Waals surface area contributed by atoms with Gasteiger partial charge in [0.1, 0.15) is 5.57 Å². The van der Waals surface area contributed by atoms with Crippen molar-refractivity contribution < 1.29 is 19.1 Å². The number of hydrogen-bond acceptors (Lipinski definition) is 5. The van der Waals surface area contributed by atoms with Crippen LogP contribution in [-0.2, 0) is 14.3 Å². The molecular formula is C19H18ClNO4. The molecule has 0 unspecified atom stereocenters. The lowest BCUT2D eigenvalue weighted by molar-refractivity contribution is -0.133. The Kier molecular flexibility index (Phi) is 6.60. The van der Waals surface area contributed by atoms with Crippen LogP contribution in [-0.4, -0.2) is 25.9 Å². The number of rotatable bonds is 6. The van der Waals surface area contributed by atoms with Gasteiger partial charge in [-0.3, -0.25) is 0 Å². The Morgan fingerprint density at radius 1 is 1.04 bits per heavy atom. The highest BCUT2D eigenvalue weighted by atomic mass is 35.5. The third-order valence-electron chi connectivity index (χ3n) is 3.35. The Bertz CT molecular complexity index is 797. The van der Waals surface area contributed by atoms with Crippen molar-refractivity contribution in [2.45, 2.75) is 6.92 Å². The molecule has 0 aliphatic rings. The lowest BCUT2D eigenvalue weighted by Crippen LogP contribution is -2.09. The molecule has 0 fully saturated rings. The van der Waals surface area contributed by atoms with Gasteiger partial charge in [0.05, 0.1) is 26.2 Å². The molecule has 0 bridgehead atoms. The molecule has 5 nitrogen and oxygen atoms in total. The molecule has 0 spiro atoms. The van der Waals surface area contributed by atoms with E-state index in [2.05, 4.69) is 5.16 Å². The highest BCUT2D eigenvalue weighted by Crippen LogP contribution is 2.22. The molecule has 0 atom stereocenters. The van der Waals surface area contributed by atoms with Crippen molar-refractivity contribution in [1.29, 1.82) is 0 Å². The zero-order valence-corrected chi connectivity index (χ0v) is 14.9. The Labute approximate surface area is 151 Å². The minimum atomic E-state index is -0.499. The normalized spacial score (nSPS) is 11.8. The summed E-state index contributed by atoms with van der Waals surface area (Å²) >= 11 is 5.85. The monoisotopic (exact) mass is 359 g/mol. The Morgan fingerprint density at radius 3 is 2.28 bits per heavy atom.